The SMILES string of the molecule is O=C(O)c1cnn(-c2ccccc2)c1OCc1ncno1. The molecule has 0 amide bonds. The van der Waals surface area contributed by atoms with E-state index in [0.717, 1.165) is 0 Å². The Hall–Kier alpha value is -3.16. The molecule has 0 aliphatic carbocycles. The Bertz CT molecular complexity index is 737. The van der Waals surface area contributed by atoms with Crippen molar-refractivity contribution in [2.24, 2.45) is 0 Å². The molecule has 0 unspecified atom stereocenters. The molecular formula is C13H10N4O4. The van der Waals surface area contributed by atoms with Crippen LogP contribution in [0, 0.1) is 0 Å². The summed E-state index contributed by atoms with van der Waals surface area (Å²) in [5.41, 5.74) is 0.642. The fourth-order valence-electron chi connectivity index (χ4n) is 1.77. The fraction of sp³-hybridized carbons (Fsp3) is 0.0769. The van der Waals surface area contributed by atoms with E-state index in [1.165, 1.54) is 17.2 Å². The zero-order valence-corrected chi connectivity index (χ0v) is 10.7. The van der Waals surface area contributed by atoms with Gasteiger partial charge in [-0.25, -0.2) is 9.48 Å². The van der Waals surface area contributed by atoms with Crippen LogP contribution in [0.25, 0.3) is 5.69 Å². The van der Waals surface area contributed by atoms with Crippen molar-refractivity contribution in [1.82, 2.24) is 19.9 Å². The van der Waals surface area contributed by atoms with E-state index in [2.05, 4.69) is 15.2 Å². The molecule has 0 spiro atoms. The molecule has 0 saturated carbocycles. The maximum absolute atomic E-state index is 11.2. The van der Waals surface area contributed by atoms with Gasteiger partial charge >= 0.3 is 5.97 Å². The molecule has 1 N–H and O–H groups in total. The van der Waals surface area contributed by atoms with Gasteiger partial charge in [-0.3, -0.25) is 0 Å². The first kappa shape index (κ1) is 12.9. The van der Waals surface area contributed by atoms with E-state index >= 15 is 0 Å². The van der Waals surface area contributed by atoms with Crippen LogP contribution in [0.3, 0.4) is 0 Å². The van der Waals surface area contributed by atoms with Crippen LogP contribution in [0.15, 0.2) is 47.4 Å². The monoisotopic (exact) mass is 286 g/mol. The molecule has 8 heteroatoms. The van der Waals surface area contributed by atoms with Gasteiger partial charge in [0.15, 0.2) is 12.9 Å². The zero-order valence-electron chi connectivity index (χ0n) is 10.7. The van der Waals surface area contributed by atoms with Crippen molar-refractivity contribution in [2.45, 2.75) is 6.61 Å². The summed E-state index contributed by atoms with van der Waals surface area (Å²) in [4.78, 5) is 15.1. The van der Waals surface area contributed by atoms with Crippen LogP contribution in [-0.2, 0) is 6.61 Å². The van der Waals surface area contributed by atoms with Crippen molar-refractivity contribution in [3.05, 3.63) is 54.3 Å². The quantitative estimate of drug-likeness (QED) is 0.758. The van der Waals surface area contributed by atoms with Gasteiger partial charge in [0.05, 0.1) is 11.9 Å². The Kier molecular flexibility index (Phi) is 3.34. The number of aromatic carboxylic acids is 1. The van der Waals surface area contributed by atoms with Gasteiger partial charge in [0.1, 0.15) is 5.56 Å². The maximum atomic E-state index is 11.2. The van der Waals surface area contributed by atoms with E-state index in [-0.39, 0.29) is 23.9 Å². The number of para-hydroxylation sites is 1. The van der Waals surface area contributed by atoms with Crippen LogP contribution in [-0.4, -0.2) is 31.0 Å². The molecule has 0 bridgehead atoms. The van der Waals surface area contributed by atoms with E-state index in [4.69, 9.17) is 9.26 Å². The van der Waals surface area contributed by atoms with Gasteiger partial charge in [0.25, 0.3) is 5.89 Å². The van der Waals surface area contributed by atoms with Crippen LogP contribution in [0.5, 0.6) is 5.88 Å². The van der Waals surface area contributed by atoms with Gasteiger partial charge in [-0.2, -0.15) is 10.1 Å². The molecule has 0 aliphatic rings. The minimum Gasteiger partial charge on any atom is -0.477 e. The summed E-state index contributed by atoms with van der Waals surface area (Å²) < 4.78 is 11.7. The maximum Gasteiger partial charge on any atom is 0.342 e. The third-order valence-corrected chi connectivity index (χ3v) is 2.70. The summed E-state index contributed by atoms with van der Waals surface area (Å²) in [5.74, 6) is -0.781. The fourth-order valence-corrected chi connectivity index (χ4v) is 1.77. The molecule has 0 atom stereocenters. The van der Waals surface area contributed by atoms with Crippen LogP contribution < -0.4 is 4.74 Å². The van der Waals surface area contributed by atoms with Gasteiger partial charge in [0.2, 0.25) is 5.88 Å². The van der Waals surface area contributed by atoms with E-state index in [9.17, 15) is 9.90 Å². The van der Waals surface area contributed by atoms with Crippen molar-refractivity contribution < 1.29 is 19.2 Å². The third kappa shape index (κ3) is 2.59. The zero-order chi connectivity index (χ0) is 14.7. The minimum absolute atomic E-state index is 0.0429. The van der Waals surface area contributed by atoms with Gasteiger partial charge in [-0.05, 0) is 12.1 Å². The molecule has 8 nitrogen and oxygen atoms in total. The summed E-state index contributed by atoms with van der Waals surface area (Å²) in [6.45, 7) is -0.0429. The first-order valence-corrected chi connectivity index (χ1v) is 6.01. The smallest absolute Gasteiger partial charge is 0.342 e. The normalized spacial score (nSPS) is 10.5. The molecule has 1 aromatic carbocycles. The van der Waals surface area contributed by atoms with Crippen molar-refractivity contribution in [3.8, 4) is 11.6 Å². The lowest BCUT2D eigenvalue weighted by Crippen LogP contribution is -2.06. The molecule has 0 saturated heterocycles. The van der Waals surface area contributed by atoms with Gasteiger partial charge in [0, 0.05) is 0 Å². The highest BCUT2D eigenvalue weighted by atomic mass is 16.5. The molecule has 3 rings (SSSR count). The molecule has 2 heterocycles. The second-order valence-corrected chi connectivity index (χ2v) is 4.04. The third-order valence-electron chi connectivity index (χ3n) is 2.70. The molecule has 106 valence electrons. The van der Waals surface area contributed by atoms with Crippen molar-refractivity contribution in [3.63, 3.8) is 0 Å². The van der Waals surface area contributed by atoms with Crippen LogP contribution in [0.2, 0.25) is 0 Å². The average Bonchev–Trinajstić information content (AvgIpc) is 3.15. The van der Waals surface area contributed by atoms with E-state index < -0.39 is 5.97 Å². The van der Waals surface area contributed by atoms with Crippen LogP contribution >= 0.6 is 0 Å². The number of carboxylic acids is 1. The first-order valence-electron chi connectivity index (χ1n) is 6.01. The summed E-state index contributed by atoms with van der Waals surface area (Å²) in [5, 5.41) is 16.7. The molecule has 21 heavy (non-hydrogen) atoms. The highest BCUT2D eigenvalue weighted by Gasteiger charge is 2.20. The Morgan fingerprint density at radius 2 is 2.14 bits per heavy atom. The lowest BCUT2D eigenvalue weighted by molar-refractivity contribution is 0.0690. The lowest BCUT2D eigenvalue weighted by atomic mass is 10.3. The first-order chi connectivity index (χ1) is 10.3. The second kappa shape index (κ2) is 5.45. The molecular weight excluding hydrogens is 276 g/mol. The number of hydrogen-bond donors (Lipinski definition) is 1. The van der Waals surface area contributed by atoms with E-state index in [1.54, 1.807) is 12.1 Å². The highest BCUT2D eigenvalue weighted by Crippen LogP contribution is 2.23. The predicted octanol–water partition coefficient (Wildman–Crippen LogP) is 1.53. The number of carbonyl (C=O) groups is 1. The van der Waals surface area contributed by atoms with E-state index in [1.807, 2.05) is 18.2 Å². The number of aromatic nitrogens is 4. The summed E-state index contributed by atoms with van der Waals surface area (Å²) in [6.07, 6.45) is 2.48. The number of rotatable bonds is 5. The van der Waals surface area contributed by atoms with Gasteiger partial charge < -0.3 is 14.4 Å². The van der Waals surface area contributed by atoms with Crippen molar-refractivity contribution in [1.29, 1.82) is 0 Å². The number of hydrogen-bond acceptors (Lipinski definition) is 6. The van der Waals surface area contributed by atoms with E-state index in [0.29, 0.717) is 5.69 Å². The summed E-state index contributed by atoms with van der Waals surface area (Å²) in [6, 6.07) is 9.07. The number of nitrogens with zero attached hydrogens (tertiary/aromatic N) is 4. The largest absolute Gasteiger partial charge is 0.477 e. The highest BCUT2D eigenvalue weighted by molar-refractivity contribution is 5.90. The molecule has 2 aromatic heterocycles. The summed E-state index contributed by atoms with van der Waals surface area (Å²) >= 11 is 0. The number of carboxylic acid groups (broad SMARTS) is 1. The van der Waals surface area contributed by atoms with Gasteiger partial charge in [-0.1, -0.05) is 23.4 Å². The topological polar surface area (TPSA) is 103 Å². The lowest BCUT2D eigenvalue weighted by Gasteiger charge is -2.08. The minimum atomic E-state index is -1.13. The Labute approximate surface area is 118 Å². The van der Waals surface area contributed by atoms with Gasteiger partial charge in [-0.15, -0.1) is 0 Å². The standard InChI is InChI=1S/C13H10N4O4/c18-13(19)10-6-15-17(9-4-2-1-3-5-9)12(10)20-7-11-14-8-16-21-11/h1-6,8H,7H2,(H,18,19). The van der Waals surface area contributed by atoms with Crippen LogP contribution in [0.4, 0.5) is 0 Å². The summed E-state index contributed by atoms with van der Waals surface area (Å²) in [7, 11) is 0. The van der Waals surface area contributed by atoms with Crippen LogP contribution in [0.1, 0.15) is 16.2 Å². The number of benzene rings is 1. The average molecular weight is 286 g/mol. The van der Waals surface area contributed by atoms with Crippen molar-refractivity contribution >= 4 is 5.97 Å². The van der Waals surface area contributed by atoms with Crippen molar-refractivity contribution in [2.75, 3.05) is 0 Å². The Balaban J connectivity index is 1.95. The number of ether oxygens (including phenoxy) is 1. The second-order valence-electron chi connectivity index (χ2n) is 4.04. The molecule has 3 aromatic rings. The molecule has 0 radical (unpaired) electrons. The molecule has 0 aliphatic heterocycles. The predicted molar refractivity (Wildman–Crippen MR) is 69.2 cm³/mol. The Morgan fingerprint density at radius 1 is 1.33 bits per heavy atom. The molecule has 0 fully saturated rings. The Morgan fingerprint density at radius 3 is 2.81 bits per heavy atom.